The highest BCUT2D eigenvalue weighted by atomic mass is 16.5. The topological polar surface area (TPSA) is 88.7 Å². The van der Waals surface area contributed by atoms with Crippen LogP contribution in [0.5, 0.6) is 0 Å². The summed E-state index contributed by atoms with van der Waals surface area (Å²) in [5.74, 6) is 0.313. The Hall–Kier alpha value is -2.08. The van der Waals surface area contributed by atoms with E-state index in [2.05, 4.69) is 15.6 Å². The third-order valence-electron chi connectivity index (χ3n) is 3.64. The van der Waals surface area contributed by atoms with E-state index in [-0.39, 0.29) is 17.6 Å². The van der Waals surface area contributed by atoms with Crippen LogP contribution in [0.1, 0.15) is 49.5 Å². The lowest BCUT2D eigenvalue weighted by Crippen LogP contribution is -2.44. The molecule has 0 saturated carbocycles. The lowest BCUT2D eigenvalue weighted by atomic mass is 10.1. The predicted molar refractivity (Wildman–Crippen MR) is 96.0 cm³/mol. The van der Waals surface area contributed by atoms with Crippen LogP contribution in [0.15, 0.2) is 29.3 Å². The summed E-state index contributed by atoms with van der Waals surface area (Å²) in [6.45, 7) is 7.85. The Morgan fingerprint density at radius 2 is 2.21 bits per heavy atom. The van der Waals surface area contributed by atoms with Gasteiger partial charge in [0.2, 0.25) is 0 Å². The zero-order valence-corrected chi connectivity index (χ0v) is 14.8. The molecule has 0 radical (unpaired) electrons. The Labute approximate surface area is 143 Å². The van der Waals surface area contributed by atoms with Crippen LogP contribution in [0, 0.1) is 0 Å². The van der Waals surface area contributed by atoms with Gasteiger partial charge >= 0.3 is 0 Å². The molecule has 6 nitrogen and oxygen atoms in total. The van der Waals surface area contributed by atoms with E-state index in [9.17, 15) is 4.79 Å². The largest absolute Gasteiger partial charge is 0.376 e. The molecule has 132 valence electrons. The lowest BCUT2D eigenvalue weighted by Gasteiger charge is -2.21. The fraction of sp³-hybridized carbons (Fsp3) is 0.556. The van der Waals surface area contributed by atoms with Gasteiger partial charge in [-0.25, -0.2) is 4.99 Å². The number of amides is 1. The van der Waals surface area contributed by atoms with Crippen LogP contribution in [-0.2, 0) is 11.3 Å². The maximum absolute atomic E-state index is 12.2. The number of carbonyl (C=O) groups excluding carboxylic acids is 1. The first-order valence-electron chi connectivity index (χ1n) is 8.40. The van der Waals surface area contributed by atoms with Gasteiger partial charge in [-0.1, -0.05) is 12.1 Å². The van der Waals surface area contributed by atoms with Gasteiger partial charge in [-0.3, -0.25) is 4.79 Å². The van der Waals surface area contributed by atoms with Crippen LogP contribution < -0.4 is 16.4 Å². The van der Waals surface area contributed by atoms with Crippen molar-refractivity contribution in [2.75, 3.05) is 13.2 Å². The average molecular weight is 332 g/mol. The molecule has 2 rings (SSSR count). The third kappa shape index (κ3) is 6.20. The summed E-state index contributed by atoms with van der Waals surface area (Å²) < 4.78 is 5.51. The number of ether oxygens (including phenoxy) is 1. The molecule has 0 bridgehead atoms. The Morgan fingerprint density at radius 3 is 2.88 bits per heavy atom. The van der Waals surface area contributed by atoms with Crippen molar-refractivity contribution in [3.8, 4) is 0 Å². The van der Waals surface area contributed by atoms with Crippen molar-refractivity contribution in [1.29, 1.82) is 0 Å². The molecule has 24 heavy (non-hydrogen) atoms. The molecule has 1 heterocycles. The molecule has 0 spiro atoms. The number of hydrogen-bond acceptors (Lipinski definition) is 3. The molecular weight excluding hydrogens is 304 g/mol. The normalized spacial score (nSPS) is 18.5. The van der Waals surface area contributed by atoms with E-state index in [4.69, 9.17) is 10.5 Å². The number of nitrogens with two attached hydrogens (primary N) is 1. The molecule has 1 aliphatic heterocycles. The summed E-state index contributed by atoms with van der Waals surface area (Å²) in [4.78, 5) is 16.6. The number of hydrogen-bond donors (Lipinski definition) is 3. The molecule has 1 aromatic carbocycles. The van der Waals surface area contributed by atoms with E-state index in [1.54, 1.807) is 6.07 Å². The summed E-state index contributed by atoms with van der Waals surface area (Å²) in [7, 11) is 0. The first kappa shape index (κ1) is 18.3. The SMILES string of the molecule is CC(C)(C)NC(N)=NCc1cccc(C(=O)NCC2CCCO2)c1. The highest BCUT2D eigenvalue weighted by Gasteiger charge is 2.16. The van der Waals surface area contributed by atoms with Gasteiger partial charge in [-0.2, -0.15) is 0 Å². The highest BCUT2D eigenvalue weighted by molar-refractivity contribution is 5.94. The van der Waals surface area contributed by atoms with Gasteiger partial charge in [-0.15, -0.1) is 0 Å². The molecule has 1 amide bonds. The molecule has 1 saturated heterocycles. The van der Waals surface area contributed by atoms with Crippen LogP contribution in [0.3, 0.4) is 0 Å². The number of aliphatic imine (C=N–C) groups is 1. The molecular formula is C18H28N4O2. The third-order valence-corrected chi connectivity index (χ3v) is 3.64. The zero-order chi connectivity index (χ0) is 17.6. The second-order valence-corrected chi connectivity index (χ2v) is 7.12. The minimum atomic E-state index is -0.127. The van der Waals surface area contributed by atoms with E-state index in [0.717, 1.165) is 25.0 Å². The molecule has 1 aliphatic rings. The molecule has 1 atom stereocenters. The van der Waals surface area contributed by atoms with Gasteiger partial charge < -0.3 is 21.1 Å². The molecule has 4 N–H and O–H groups in total. The van der Waals surface area contributed by atoms with Crippen molar-refractivity contribution in [1.82, 2.24) is 10.6 Å². The predicted octanol–water partition coefficient (Wildman–Crippen LogP) is 1.80. The van der Waals surface area contributed by atoms with Crippen LogP contribution in [0.2, 0.25) is 0 Å². The maximum atomic E-state index is 12.2. The first-order valence-corrected chi connectivity index (χ1v) is 8.40. The second kappa shape index (κ2) is 8.15. The van der Waals surface area contributed by atoms with Crippen molar-refractivity contribution >= 4 is 11.9 Å². The molecule has 0 aliphatic carbocycles. The molecule has 1 aromatic rings. The van der Waals surface area contributed by atoms with E-state index in [1.807, 2.05) is 39.0 Å². The van der Waals surface area contributed by atoms with E-state index in [1.165, 1.54) is 0 Å². The summed E-state index contributed by atoms with van der Waals surface area (Å²) >= 11 is 0. The molecule has 0 aromatic heterocycles. The molecule has 1 fully saturated rings. The summed E-state index contributed by atoms with van der Waals surface area (Å²) in [5.41, 5.74) is 7.31. The Bertz CT molecular complexity index is 587. The Balaban J connectivity index is 1.90. The number of guanidine groups is 1. The van der Waals surface area contributed by atoms with Crippen LogP contribution in [0.4, 0.5) is 0 Å². The van der Waals surface area contributed by atoms with Gasteiger partial charge in [0.1, 0.15) is 0 Å². The summed E-state index contributed by atoms with van der Waals surface area (Å²) in [5, 5.41) is 6.04. The maximum Gasteiger partial charge on any atom is 0.251 e. The number of rotatable bonds is 5. The summed E-state index contributed by atoms with van der Waals surface area (Å²) in [6.07, 6.45) is 2.22. The van der Waals surface area contributed by atoms with Gasteiger partial charge in [0.05, 0.1) is 12.6 Å². The monoisotopic (exact) mass is 332 g/mol. The fourth-order valence-electron chi connectivity index (χ4n) is 2.53. The van der Waals surface area contributed by atoms with E-state index >= 15 is 0 Å². The second-order valence-electron chi connectivity index (χ2n) is 7.12. The average Bonchev–Trinajstić information content (AvgIpc) is 3.02. The van der Waals surface area contributed by atoms with Crippen molar-refractivity contribution in [3.63, 3.8) is 0 Å². The van der Waals surface area contributed by atoms with Crippen molar-refractivity contribution < 1.29 is 9.53 Å². The lowest BCUT2D eigenvalue weighted by molar-refractivity contribution is 0.0857. The van der Waals surface area contributed by atoms with Gasteiger partial charge in [0.15, 0.2) is 5.96 Å². The number of carbonyl (C=O) groups is 1. The van der Waals surface area contributed by atoms with Crippen molar-refractivity contribution in [3.05, 3.63) is 35.4 Å². The van der Waals surface area contributed by atoms with Crippen LogP contribution >= 0.6 is 0 Å². The minimum absolute atomic E-state index is 0.0860. The minimum Gasteiger partial charge on any atom is -0.376 e. The Kier molecular flexibility index (Phi) is 6.20. The standard InChI is InChI=1S/C18H28N4O2/c1-18(2,3)22-17(19)21-11-13-6-4-7-14(10-13)16(23)20-12-15-8-5-9-24-15/h4,6-7,10,15H,5,8-9,11-12H2,1-3H3,(H,20,23)(H3,19,21,22). The Morgan fingerprint density at radius 1 is 1.42 bits per heavy atom. The van der Waals surface area contributed by atoms with E-state index < -0.39 is 0 Å². The van der Waals surface area contributed by atoms with Gasteiger partial charge in [0.25, 0.3) is 5.91 Å². The molecule has 6 heteroatoms. The highest BCUT2D eigenvalue weighted by Crippen LogP contribution is 2.11. The summed E-state index contributed by atoms with van der Waals surface area (Å²) in [6, 6.07) is 7.44. The van der Waals surface area contributed by atoms with Crippen molar-refractivity contribution in [2.45, 2.75) is 51.8 Å². The quantitative estimate of drug-likeness (QED) is 0.567. The van der Waals surface area contributed by atoms with Gasteiger partial charge in [-0.05, 0) is 51.3 Å². The van der Waals surface area contributed by atoms with Crippen LogP contribution in [0.25, 0.3) is 0 Å². The van der Waals surface area contributed by atoms with Crippen molar-refractivity contribution in [2.24, 2.45) is 10.7 Å². The van der Waals surface area contributed by atoms with Gasteiger partial charge in [0, 0.05) is 24.3 Å². The fourth-order valence-corrected chi connectivity index (χ4v) is 2.53. The number of nitrogens with one attached hydrogen (secondary N) is 2. The number of nitrogens with zero attached hydrogens (tertiary/aromatic N) is 1. The van der Waals surface area contributed by atoms with E-state index in [0.29, 0.717) is 24.6 Å². The number of benzene rings is 1. The van der Waals surface area contributed by atoms with Crippen LogP contribution in [-0.4, -0.2) is 36.7 Å². The first-order chi connectivity index (χ1) is 11.3. The smallest absolute Gasteiger partial charge is 0.251 e. The zero-order valence-electron chi connectivity index (χ0n) is 14.8. The molecule has 1 unspecified atom stereocenters.